The van der Waals surface area contributed by atoms with Crippen molar-refractivity contribution in [1.82, 2.24) is 0 Å². The summed E-state index contributed by atoms with van der Waals surface area (Å²) in [6.45, 7) is 12.8. The van der Waals surface area contributed by atoms with Gasteiger partial charge in [-0.3, -0.25) is 0 Å². The summed E-state index contributed by atoms with van der Waals surface area (Å²) < 4.78 is 64.6. The summed E-state index contributed by atoms with van der Waals surface area (Å²) in [6, 6.07) is 24.8. The first-order valence-electron chi connectivity index (χ1n) is 27.4. The average Bonchev–Trinajstić information content (AvgIpc) is 4.48. The molecular formula is C63H76O17. The third kappa shape index (κ3) is 15.0. The molecule has 2 aliphatic carbocycles. The van der Waals surface area contributed by atoms with Crippen LogP contribution < -0.4 is 14.2 Å². The van der Waals surface area contributed by atoms with Crippen LogP contribution in [0.3, 0.4) is 0 Å². The van der Waals surface area contributed by atoms with E-state index in [1.54, 1.807) is 86.8 Å². The van der Waals surface area contributed by atoms with Gasteiger partial charge in [-0.1, -0.05) is 48.6 Å². The zero-order valence-corrected chi connectivity index (χ0v) is 47.3. The summed E-state index contributed by atoms with van der Waals surface area (Å²) in [6.07, 6.45) is 6.82. The highest BCUT2D eigenvalue weighted by atomic mass is 16.8. The molecule has 2 N–H and O–H groups in total. The molecule has 9 rings (SSSR count). The number of hydrogen-bond acceptors (Lipinski definition) is 16. The molecule has 0 bridgehead atoms. The van der Waals surface area contributed by atoms with Crippen molar-refractivity contribution >= 4 is 23.9 Å². The van der Waals surface area contributed by atoms with Crippen molar-refractivity contribution in [3.05, 3.63) is 148 Å². The maximum atomic E-state index is 13.3. The molecule has 2 saturated carbocycles. The Hall–Kier alpha value is -6.60. The summed E-state index contributed by atoms with van der Waals surface area (Å²) in [7, 11) is 4.61. The number of cyclic esters (lactones) is 1. The van der Waals surface area contributed by atoms with Crippen molar-refractivity contribution in [2.24, 2.45) is 11.8 Å². The van der Waals surface area contributed by atoms with Gasteiger partial charge in [0.15, 0.2) is 18.4 Å². The first-order chi connectivity index (χ1) is 38.2. The van der Waals surface area contributed by atoms with Gasteiger partial charge in [-0.25, -0.2) is 19.2 Å². The number of rotatable bonds is 17. The number of fused-ring (bicyclic) bond motifs is 4. The van der Waals surface area contributed by atoms with E-state index in [9.17, 15) is 29.4 Å². The van der Waals surface area contributed by atoms with Crippen LogP contribution in [-0.4, -0.2) is 123 Å². The van der Waals surface area contributed by atoms with Crippen LogP contribution in [0.5, 0.6) is 17.2 Å². The molecule has 80 heavy (non-hydrogen) atoms. The topological polar surface area (TPSA) is 210 Å². The Morgan fingerprint density at radius 1 is 0.800 bits per heavy atom. The largest absolute Gasteiger partial charge is 0.497 e. The van der Waals surface area contributed by atoms with Gasteiger partial charge in [-0.2, -0.15) is 0 Å². The lowest BCUT2D eigenvalue weighted by Gasteiger charge is -2.25. The summed E-state index contributed by atoms with van der Waals surface area (Å²) >= 11 is 0. The number of ether oxygens (including phenoxy) is 11. The standard InChI is InChI=1S/C32H40O10.C31H36O7/c1-19(33)10-9-13-25(40-31(36)20-11-7-6-8-12-20)29-27(41-32(2,3)42-29)15-21-14-23(21)24-16-22(38-5)17-26(39-18-37-4)28(24)30(34)35;1-18-14-22(34-5)17-24-23-15-21(23)16-26-28(38-31(3,4)37-26)25(36-29(32)20-11-7-6-8-12-20)13-9-10-19(2)35-30(33)27(18)24/h6-9,11-13,16-17,19,21,23,25,27,29,33H,10,14-15,18H2,1-5H3,(H,34,35);6-9,11-14,17,19,21,23,25-26,28H,10,15-16H2,1-5H3/b2*13-9-/t19-,21?,23?,25?,27-,29+;19-,21?,23?,25?,26-,28+/m00/s1. The normalized spacial score (nSPS) is 27.5. The Kier molecular flexibility index (Phi) is 19.3. The van der Waals surface area contributed by atoms with E-state index < -0.39 is 66.1 Å². The number of carboxylic acids is 1. The minimum Gasteiger partial charge on any atom is -0.497 e. The van der Waals surface area contributed by atoms with Gasteiger partial charge in [0.1, 0.15) is 53.3 Å². The third-order valence-corrected chi connectivity index (χ3v) is 14.9. The molecule has 3 aliphatic heterocycles. The third-order valence-electron chi connectivity index (χ3n) is 14.9. The highest BCUT2D eigenvalue weighted by molar-refractivity contribution is 5.94. The van der Waals surface area contributed by atoms with Gasteiger partial charge in [0.05, 0.1) is 49.2 Å². The van der Waals surface area contributed by atoms with E-state index in [1.165, 1.54) is 14.2 Å². The Morgan fingerprint density at radius 2 is 1.45 bits per heavy atom. The van der Waals surface area contributed by atoms with Crippen LogP contribution in [0.15, 0.2) is 109 Å². The number of aliphatic hydroxyl groups excluding tert-OH is 1. The van der Waals surface area contributed by atoms with E-state index in [0.717, 1.165) is 29.7 Å². The minimum atomic E-state index is -1.10. The molecule has 2 saturated heterocycles. The van der Waals surface area contributed by atoms with Crippen LogP contribution in [-0.2, 0) is 37.9 Å². The number of aliphatic hydroxyl groups is 1. The second-order valence-corrected chi connectivity index (χ2v) is 22.2. The molecule has 430 valence electrons. The smallest absolute Gasteiger partial charge is 0.339 e. The van der Waals surface area contributed by atoms with Gasteiger partial charge in [-0.05, 0) is 176 Å². The van der Waals surface area contributed by atoms with Gasteiger partial charge in [0.2, 0.25) is 0 Å². The fourth-order valence-corrected chi connectivity index (χ4v) is 11.0. The number of hydrogen-bond donors (Lipinski definition) is 2. The summed E-state index contributed by atoms with van der Waals surface area (Å²) in [4.78, 5) is 51.6. The Bertz CT molecular complexity index is 2860. The Labute approximate surface area is 468 Å². The maximum absolute atomic E-state index is 13.3. The van der Waals surface area contributed by atoms with Gasteiger partial charge < -0.3 is 62.3 Å². The van der Waals surface area contributed by atoms with Crippen LogP contribution >= 0.6 is 0 Å². The lowest BCUT2D eigenvalue weighted by atomic mass is 9.94. The predicted molar refractivity (Wildman–Crippen MR) is 294 cm³/mol. The molecule has 4 aromatic rings. The SMILES string of the molecule is COCOc1cc(OC)cc(C2CC2C[C@@H]2OC(C)(C)O[C@@H]2C(/C=C\C[C@H](C)O)OC(=O)c2ccccc2)c1C(=O)O.COc1cc(C)c2c(c1)C1CC1C[C@@H]1OC(C)(C)O[C@@H]1C(OC(=O)c1ccccc1)/C=C\C[C@H](C)OC2=O. The van der Waals surface area contributed by atoms with Crippen molar-refractivity contribution in [2.45, 2.75) is 159 Å². The van der Waals surface area contributed by atoms with E-state index in [4.69, 9.17) is 52.1 Å². The molecule has 3 heterocycles. The van der Waals surface area contributed by atoms with Gasteiger partial charge >= 0.3 is 23.9 Å². The zero-order chi connectivity index (χ0) is 57.5. The van der Waals surface area contributed by atoms with Crippen LogP contribution in [0.1, 0.15) is 150 Å². The molecule has 0 spiro atoms. The maximum Gasteiger partial charge on any atom is 0.339 e. The lowest BCUT2D eigenvalue weighted by Crippen LogP contribution is -2.38. The molecule has 0 radical (unpaired) electrons. The van der Waals surface area contributed by atoms with Crippen LogP contribution in [0.2, 0.25) is 0 Å². The number of carbonyl (C=O) groups is 4. The Balaban J connectivity index is 0.000000211. The second kappa shape index (κ2) is 25.9. The van der Waals surface area contributed by atoms with Gasteiger partial charge in [0, 0.05) is 19.6 Å². The molecular weight excluding hydrogens is 1030 g/mol. The van der Waals surface area contributed by atoms with Crippen LogP contribution in [0.4, 0.5) is 0 Å². The van der Waals surface area contributed by atoms with Crippen LogP contribution in [0, 0.1) is 18.8 Å². The number of carboxylic acid groups (broad SMARTS) is 1. The Morgan fingerprint density at radius 3 is 2.10 bits per heavy atom. The number of aromatic carboxylic acids is 1. The molecule has 4 aromatic carbocycles. The summed E-state index contributed by atoms with van der Waals surface area (Å²) in [5, 5.41) is 19.8. The highest BCUT2D eigenvalue weighted by Gasteiger charge is 2.53. The molecule has 0 aromatic heterocycles. The highest BCUT2D eigenvalue weighted by Crippen LogP contribution is 2.56. The van der Waals surface area contributed by atoms with E-state index >= 15 is 0 Å². The fraction of sp³-hybridized carbons (Fsp3) is 0.492. The van der Waals surface area contributed by atoms with Crippen molar-refractivity contribution in [2.75, 3.05) is 28.1 Å². The van der Waals surface area contributed by atoms with Crippen molar-refractivity contribution in [1.29, 1.82) is 0 Å². The summed E-state index contributed by atoms with van der Waals surface area (Å²) in [5.41, 5.74) is 4.01. The lowest BCUT2D eigenvalue weighted by molar-refractivity contribution is -0.153. The number of esters is 3. The van der Waals surface area contributed by atoms with E-state index in [-0.39, 0.29) is 60.0 Å². The van der Waals surface area contributed by atoms with Crippen molar-refractivity contribution < 1.29 is 81.5 Å². The molecule has 17 heteroatoms. The van der Waals surface area contributed by atoms with Gasteiger partial charge in [0.25, 0.3) is 0 Å². The monoisotopic (exact) mass is 1100 g/mol. The molecule has 17 nitrogen and oxygen atoms in total. The van der Waals surface area contributed by atoms with E-state index in [1.807, 2.05) is 78.0 Å². The number of aryl methyl sites for hydroxylation is 1. The van der Waals surface area contributed by atoms with E-state index in [0.29, 0.717) is 53.7 Å². The van der Waals surface area contributed by atoms with Crippen molar-refractivity contribution in [3.8, 4) is 17.2 Å². The van der Waals surface area contributed by atoms with Crippen molar-refractivity contribution in [3.63, 3.8) is 0 Å². The zero-order valence-electron chi connectivity index (χ0n) is 47.3. The van der Waals surface area contributed by atoms with Gasteiger partial charge in [-0.15, -0.1) is 0 Å². The first-order valence-corrected chi connectivity index (χ1v) is 27.4. The molecule has 5 aliphatic rings. The minimum absolute atomic E-state index is 0.0693. The fourth-order valence-electron chi connectivity index (χ4n) is 11.0. The predicted octanol–water partition coefficient (Wildman–Crippen LogP) is 10.7. The molecule has 12 atom stereocenters. The first kappa shape index (κ1) is 59.5. The average molecular weight is 1110 g/mol. The van der Waals surface area contributed by atoms with E-state index in [2.05, 4.69) is 0 Å². The van der Waals surface area contributed by atoms with Crippen LogP contribution in [0.25, 0.3) is 0 Å². The summed E-state index contributed by atoms with van der Waals surface area (Å²) in [5.74, 6) is -2.21. The number of carbonyl (C=O) groups excluding carboxylic acids is 3. The molecule has 0 amide bonds. The molecule has 4 fully saturated rings. The molecule has 6 unspecified atom stereocenters. The number of benzene rings is 4. The quantitative estimate of drug-likeness (QED) is 0.0436. The second-order valence-electron chi connectivity index (χ2n) is 22.2. The number of methoxy groups -OCH3 is 3.